The molecule has 1 aliphatic heterocycles. The van der Waals surface area contributed by atoms with Gasteiger partial charge in [0.05, 0.1) is 24.6 Å². The van der Waals surface area contributed by atoms with Gasteiger partial charge in [0.25, 0.3) is 0 Å². The van der Waals surface area contributed by atoms with Gasteiger partial charge >= 0.3 is 0 Å². The Morgan fingerprint density at radius 2 is 2.09 bits per heavy atom. The number of anilines is 1. The van der Waals surface area contributed by atoms with Gasteiger partial charge in [-0.05, 0) is 45.2 Å². The topological polar surface area (TPSA) is 89.4 Å². The summed E-state index contributed by atoms with van der Waals surface area (Å²) in [5, 5.41) is 12.4. The van der Waals surface area contributed by atoms with Crippen molar-refractivity contribution in [1.29, 1.82) is 0 Å². The van der Waals surface area contributed by atoms with Crippen LogP contribution in [0.2, 0.25) is 5.02 Å². The van der Waals surface area contributed by atoms with Gasteiger partial charge in [-0.2, -0.15) is 0 Å². The van der Waals surface area contributed by atoms with Crippen molar-refractivity contribution in [3.63, 3.8) is 0 Å². The van der Waals surface area contributed by atoms with E-state index < -0.39 is 5.25 Å². The first kappa shape index (κ1) is 24.4. The number of aryl methyl sites for hydroxylation is 1. The van der Waals surface area contributed by atoms with Crippen LogP contribution >= 0.6 is 23.4 Å². The molecule has 1 aromatic heterocycles. The normalized spacial score (nSPS) is 15.4. The number of likely N-dealkylation sites (tertiary alicyclic amines) is 1. The molecule has 1 aromatic carbocycles. The van der Waals surface area contributed by atoms with Crippen molar-refractivity contribution in [3.8, 4) is 5.75 Å². The molecule has 1 atom stereocenters. The van der Waals surface area contributed by atoms with Crippen molar-refractivity contribution in [2.45, 2.75) is 70.0 Å². The summed E-state index contributed by atoms with van der Waals surface area (Å²) in [6.45, 7) is 7.55. The minimum absolute atomic E-state index is 0.169. The molecule has 10 heteroatoms. The molecule has 0 radical (unpaired) electrons. The van der Waals surface area contributed by atoms with E-state index in [-0.39, 0.29) is 11.8 Å². The Labute approximate surface area is 198 Å². The van der Waals surface area contributed by atoms with Crippen molar-refractivity contribution in [2.24, 2.45) is 0 Å². The molecule has 8 nitrogen and oxygen atoms in total. The van der Waals surface area contributed by atoms with Gasteiger partial charge in [0, 0.05) is 30.6 Å². The number of aromatic nitrogens is 3. The summed E-state index contributed by atoms with van der Waals surface area (Å²) in [6, 6.07) is 3.48. The predicted molar refractivity (Wildman–Crippen MR) is 126 cm³/mol. The maximum absolute atomic E-state index is 12.9. The number of hydrogen-bond acceptors (Lipinski definition) is 6. The lowest BCUT2D eigenvalue weighted by Crippen LogP contribution is -2.31. The summed E-state index contributed by atoms with van der Waals surface area (Å²) in [5.74, 6) is 1.24. The van der Waals surface area contributed by atoms with Crippen molar-refractivity contribution in [1.82, 2.24) is 19.7 Å². The molecule has 174 valence electrons. The van der Waals surface area contributed by atoms with Gasteiger partial charge < -0.3 is 19.5 Å². The molecule has 2 heterocycles. The van der Waals surface area contributed by atoms with Gasteiger partial charge in [-0.1, -0.05) is 29.8 Å². The molecule has 1 fully saturated rings. The van der Waals surface area contributed by atoms with E-state index in [0.717, 1.165) is 37.2 Å². The van der Waals surface area contributed by atoms with E-state index in [1.165, 1.54) is 18.9 Å². The number of nitrogens with one attached hydrogen (secondary N) is 1. The molecule has 1 aliphatic rings. The van der Waals surface area contributed by atoms with Crippen LogP contribution in [0.5, 0.6) is 5.75 Å². The van der Waals surface area contributed by atoms with Crippen LogP contribution in [0.15, 0.2) is 17.3 Å². The van der Waals surface area contributed by atoms with E-state index in [9.17, 15) is 9.59 Å². The zero-order valence-electron chi connectivity index (χ0n) is 19.0. The Bertz CT molecular complexity index is 981. The van der Waals surface area contributed by atoms with E-state index >= 15 is 0 Å². The highest BCUT2D eigenvalue weighted by atomic mass is 35.5. The maximum Gasteiger partial charge on any atom is 0.237 e. The van der Waals surface area contributed by atoms with Crippen molar-refractivity contribution >= 4 is 40.9 Å². The average Bonchev–Trinajstić information content (AvgIpc) is 3.03. The number of carbonyl (C=O) groups excluding carboxylic acids is 2. The number of thioether (sulfide) groups is 1. The summed E-state index contributed by atoms with van der Waals surface area (Å²) in [6.07, 6.45) is 3.63. The first-order valence-corrected chi connectivity index (χ1v) is 12.1. The van der Waals surface area contributed by atoms with Gasteiger partial charge in [-0.15, -0.1) is 10.2 Å². The molecule has 2 aromatic rings. The zero-order valence-corrected chi connectivity index (χ0v) is 20.6. The fraction of sp³-hybridized carbons (Fsp3) is 0.545. The smallest absolute Gasteiger partial charge is 0.237 e. The maximum atomic E-state index is 12.9. The van der Waals surface area contributed by atoms with Crippen LogP contribution in [0.1, 0.15) is 50.9 Å². The van der Waals surface area contributed by atoms with E-state index in [1.807, 2.05) is 30.2 Å². The number of benzene rings is 1. The number of hydrogen-bond donors (Lipinski definition) is 1. The molecule has 3 rings (SSSR count). The summed E-state index contributed by atoms with van der Waals surface area (Å²) in [4.78, 5) is 27.1. The quantitative estimate of drug-likeness (QED) is 0.568. The lowest BCUT2D eigenvalue weighted by molar-refractivity contribution is -0.131. The predicted octanol–water partition coefficient (Wildman–Crippen LogP) is 4.29. The second-order valence-corrected chi connectivity index (χ2v) is 9.54. The summed E-state index contributed by atoms with van der Waals surface area (Å²) in [7, 11) is 1.54. The molecule has 0 spiro atoms. The van der Waals surface area contributed by atoms with Crippen LogP contribution in [-0.4, -0.2) is 50.4 Å². The van der Waals surface area contributed by atoms with Crippen LogP contribution in [0, 0.1) is 6.92 Å². The number of ether oxygens (including phenoxy) is 1. The Hall–Kier alpha value is -2.26. The lowest BCUT2D eigenvalue weighted by atomic mass is 10.2. The van der Waals surface area contributed by atoms with Gasteiger partial charge in [-0.3, -0.25) is 9.59 Å². The fourth-order valence-electron chi connectivity index (χ4n) is 3.59. The minimum Gasteiger partial charge on any atom is -0.495 e. The van der Waals surface area contributed by atoms with E-state index in [4.69, 9.17) is 16.3 Å². The Morgan fingerprint density at radius 1 is 1.31 bits per heavy atom. The SMILES string of the molecule is CCn1c(CN2CCCCCC2=O)nnc1S[C@H](C)C(=O)Nc1cc(C)c(Cl)cc1OC. The summed E-state index contributed by atoms with van der Waals surface area (Å²) in [5.41, 5.74) is 1.42. The van der Waals surface area contributed by atoms with Crippen molar-refractivity contribution in [2.75, 3.05) is 19.0 Å². The molecule has 1 saturated heterocycles. The molecule has 1 N–H and O–H groups in total. The molecule has 0 unspecified atom stereocenters. The third kappa shape index (κ3) is 5.75. The third-order valence-electron chi connectivity index (χ3n) is 5.50. The second kappa shape index (κ2) is 11.0. The average molecular weight is 480 g/mol. The van der Waals surface area contributed by atoms with E-state index in [0.29, 0.717) is 41.1 Å². The molecule has 2 amide bonds. The number of halogens is 1. The number of methoxy groups -OCH3 is 1. The Kier molecular flexibility index (Phi) is 8.42. The molecular formula is C22H30ClN5O3S. The first-order chi connectivity index (χ1) is 15.3. The highest BCUT2D eigenvalue weighted by molar-refractivity contribution is 8.00. The lowest BCUT2D eigenvalue weighted by Gasteiger charge is -2.20. The number of rotatable bonds is 8. The van der Waals surface area contributed by atoms with E-state index in [2.05, 4.69) is 15.5 Å². The summed E-state index contributed by atoms with van der Waals surface area (Å²) < 4.78 is 7.32. The van der Waals surface area contributed by atoms with Crippen molar-refractivity contribution in [3.05, 3.63) is 28.5 Å². The van der Waals surface area contributed by atoms with Crippen LogP contribution in [0.25, 0.3) is 0 Å². The minimum atomic E-state index is -0.419. The molecule has 0 aliphatic carbocycles. The number of nitrogens with zero attached hydrogens (tertiary/aromatic N) is 4. The monoisotopic (exact) mass is 479 g/mol. The molecular weight excluding hydrogens is 450 g/mol. The van der Waals surface area contributed by atoms with Crippen LogP contribution in [0.4, 0.5) is 5.69 Å². The van der Waals surface area contributed by atoms with Crippen LogP contribution in [0.3, 0.4) is 0 Å². The highest BCUT2D eigenvalue weighted by Crippen LogP contribution is 2.32. The molecule has 0 saturated carbocycles. The van der Waals surface area contributed by atoms with Gasteiger partial charge in [-0.25, -0.2) is 0 Å². The largest absolute Gasteiger partial charge is 0.495 e. The Morgan fingerprint density at radius 3 is 2.81 bits per heavy atom. The van der Waals surface area contributed by atoms with Crippen LogP contribution < -0.4 is 10.1 Å². The van der Waals surface area contributed by atoms with Gasteiger partial charge in [0.1, 0.15) is 5.75 Å². The van der Waals surface area contributed by atoms with Crippen LogP contribution in [-0.2, 0) is 22.7 Å². The summed E-state index contributed by atoms with van der Waals surface area (Å²) >= 11 is 7.49. The van der Waals surface area contributed by atoms with E-state index in [1.54, 1.807) is 12.1 Å². The standard InChI is InChI=1S/C22H30ClN5O3S/c1-5-28-19(13-27-10-8-6-7-9-20(27)29)25-26-22(28)32-15(3)21(30)24-17-11-14(2)16(23)12-18(17)31-4/h11-12,15H,5-10,13H2,1-4H3,(H,24,30)/t15-/m1/s1. The molecule has 0 bridgehead atoms. The fourth-order valence-corrected chi connectivity index (χ4v) is 4.68. The highest BCUT2D eigenvalue weighted by Gasteiger charge is 2.23. The molecule has 32 heavy (non-hydrogen) atoms. The van der Waals surface area contributed by atoms with Gasteiger partial charge in [0.2, 0.25) is 11.8 Å². The Balaban J connectivity index is 1.69. The van der Waals surface area contributed by atoms with Crippen molar-refractivity contribution < 1.29 is 14.3 Å². The first-order valence-electron chi connectivity index (χ1n) is 10.9. The zero-order chi connectivity index (χ0) is 23.3. The number of carbonyl (C=O) groups is 2. The second-order valence-electron chi connectivity index (χ2n) is 7.82. The third-order valence-corrected chi connectivity index (χ3v) is 6.99. The van der Waals surface area contributed by atoms with Gasteiger partial charge in [0.15, 0.2) is 11.0 Å². The number of amides is 2.